The van der Waals surface area contributed by atoms with Crippen molar-refractivity contribution in [3.05, 3.63) is 70.7 Å². The smallest absolute Gasteiger partial charge is 0.169 e. The van der Waals surface area contributed by atoms with E-state index >= 15 is 0 Å². The molecule has 0 bridgehead atoms. The minimum atomic E-state index is -0.476. The van der Waals surface area contributed by atoms with E-state index in [1.54, 1.807) is 30.3 Å². The van der Waals surface area contributed by atoms with Gasteiger partial charge in [0.1, 0.15) is 40.7 Å². The highest BCUT2D eigenvalue weighted by atomic mass is 19.1. The van der Waals surface area contributed by atoms with Gasteiger partial charge in [-0.25, -0.2) is 14.1 Å². The average molecular weight is 445 g/mol. The number of aromatic nitrogens is 2. The zero-order chi connectivity index (χ0) is 23.8. The van der Waals surface area contributed by atoms with Gasteiger partial charge in [0.25, 0.3) is 0 Å². The fourth-order valence-electron chi connectivity index (χ4n) is 3.10. The molecule has 0 saturated heterocycles. The Kier molecular flexibility index (Phi) is 7.53. The van der Waals surface area contributed by atoms with Gasteiger partial charge >= 0.3 is 0 Å². The summed E-state index contributed by atoms with van der Waals surface area (Å²) < 4.78 is 25.9. The van der Waals surface area contributed by atoms with Gasteiger partial charge in [-0.3, -0.25) is 0 Å². The van der Waals surface area contributed by atoms with E-state index in [0.717, 1.165) is 0 Å². The van der Waals surface area contributed by atoms with Crippen LogP contribution in [0.1, 0.15) is 22.4 Å². The first-order chi connectivity index (χ1) is 16.1. The van der Waals surface area contributed by atoms with Crippen LogP contribution >= 0.6 is 0 Å². The molecule has 0 spiro atoms. The lowest BCUT2D eigenvalue weighted by Gasteiger charge is -2.07. The number of aliphatic imine (C=N–C) groups is 1. The Labute approximate surface area is 190 Å². The number of rotatable bonds is 8. The number of hydrogen-bond acceptors (Lipinski definition) is 7. The highest BCUT2D eigenvalue weighted by Crippen LogP contribution is 2.32. The Hall–Kier alpha value is -4.47. The first-order valence-corrected chi connectivity index (χ1v) is 9.80. The Bertz CT molecular complexity index is 1300. The van der Waals surface area contributed by atoms with E-state index in [9.17, 15) is 20.0 Å². The number of ether oxygens (including phenoxy) is 2. The molecule has 0 unspecified atom stereocenters. The van der Waals surface area contributed by atoms with E-state index < -0.39 is 5.82 Å². The number of aliphatic hydroxyl groups excluding tert-OH is 1. The molecule has 1 N–H and O–H groups in total. The molecule has 1 aromatic heterocycles. The molecule has 166 valence electrons. The lowest BCUT2D eigenvalue weighted by atomic mass is 10.0. The fraction of sp³-hybridized carbons (Fsp3) is 0.167. The van der Waals surface area contributed by atoms with Crippen molar-refractivity contribution in [1.82, 2.24) is 9.78 Å². The van der Waals surface area contributed by atoms with Crippen LogP contribution in [0.4, 0.5) is 10.2 Å². The Balaban J connectivity index is 2.16. The minimum absolute atomic E-state index is 0.0192. The molecule has 0 fully saturated rings. The normalized spacial score (nSPS) is 11.3. The van der Waals surface area contributed by atoms with Crippen molar-refractivity contribution in [3.63, 3.8) is 0 Å². The molecule has 0 atom stereocenters. The molecule has 2 aromatic carbocycles. The van der Waals surface area contributed by atoms with Gasteiger partial charge in [-0.2, -0.15) is 15.6 Å². The summed E-state index contributed by atoms with van der Waals surface area (Å²) in [5.41, 5.74) is 0.948. The Morgan fingerprint density at radius 1 is 1.18 bits per heavy atom. The SMILES string of the molecule is COc1ccc(OC)c(C=C(C#N)c2nn(CCO)c(N=Cc3ccccc3F)c2C#N)c1. The molecule has 0 aliphatic carbocycles. The maximum atomic E-state index is 14.0. The summed E-state index contributed by atoms with van der Waals surface area (Å²) in [6.45, 7) is -0.247. The van der Waals surface area contributed by atoms with E-state index in [-0.39, 0.29) is 41.4 Å². The molecule has 0 saturated carbocycles. The summed E-state index contributed by atoms with van der Waals surface area (Å²) in [5.74, 6) is 0.676. The standard InChI is InChI=1S/C24H20FN5O3/c1-32-19-7-8-22(33-2)17(12-19)11-18(13-26)23-20(14-27)24(30(29-23)9-10-31)28-15-16-5-3-4-6-21(16)25/h3-8,11-12,15,31H,9-10H2,1-2H3. The quantitative estimate of drug-likeness (QED) is 0.417. The summed E-state index contributed by atoms with van der Waals surface area (Å²) in [6, 6.07) is 15.2. The predicted molar refractivity (Wildman–Crippen MR) is 121 cm³/mol. The van der Waals surface area contributed by atoms with E-state index in [2.05, 4.69) is 16.2 Å². The van der Waals surface area contributed by atoms with Gasteiger partial charge in [-0.1, -0.05) is 18.2 Å². The third kappa shape index (κ3) is 5.06. The van der Waals surface area contributed by atoms with Crippen molar-refractivity contribution in [3.8, 4) is 23.6 Å². The Morgan fingerprint density at radius 2 is 1.97 bits per heavy atom. The van der Waals surface area contributed by atoms with Gasteiger partial charge in [0.05, 0.1) is 32.9 Å². The molecular formula is C24H20FN5O3. The maximum absolute atomic E-state index is 14.0. The summed E-state index contributed by atoms with van der Waals surface area (Å²) in [6.07, 6.45) is 2.80. The van der Waals surface area contributed by atoms with Crippen LogP contribution < -0.4 is 9.47 Å². The average Bonchev–Trinajstić information content (AvgIpc) is 3.18. The van der Waals surface area contributed by atoms with Gasteiger partial charge in [0.2, 0.25) is 0 Å². The molecule has 1 heterocycles. The fourth-order valence-corrected chi connectivity index (χ4v) is 3.10. The van der Waals surface area contributed by atoms with Crippen molar-refractivity contribution in [2.24, 2.45) is 4.99 Å². The van der Waals surface area contributed by atoms with Crippen molar-refractivity contribution >= 4 is 23.7 Å². The second-order valence-corrected chi connectivity index (χ2v) is 6.66. The lowest BCUT2D eigenvalue weighted by molar-refractivity contribution is 0.270. The van der Waals surface area contributed by atoms with Crippen LogP contribution in [-0.2, 0) is 6.54 Å². The van der Waals surface area contributed by atoms with Crippen LogP contribution in [0.15, 0.2) is 47.5 Å². The number of nitrogens with zero attached hydrogens (tertiary/aromatic N) is 5. The second-order valence-electron chi connectivity index (χ2n) is 6.66. The first-order valence-electron chi connectivity index (χ1n) is 9.80. The van der Waals surface area contributed by atoms with Gasteiger partial charge in [-0.05, 0) is 30.3 Å². The Morgan fingerprint density at radius 3 is 2.61 bits per heavy atom. The second kappa shape index (κ2) is 10.7. The number of allylic oxidation sites excluding steroid dienone is 1. The van der Waals surface area contributed by atoms with Crippen molar-refractivity contribution in [2.45, 2.75) is 6.54 Å². The van der Waals surface area contributed by atoms with Crippen molar-refractivity contribution < 1.29 is 19.0 Å². The number of hydrogen-bond donors (Lipinski definition) is 1. The van der Waals surface area contributed by atoms with Crippen LogP contribution in [0.2, 0.25) is 0 Å². The molecule has 9 heteroatoms. The number of halogens is 1. The van der Waals surface area contributed by atoms with Crippen LogP contribution in [0.3, 0.4) is 0 Å². The van der Waals surface area contributed by atoms with Gasteiger partial charge < -0.3 is 14.6 Å². The number of benzene rings is 2. The van der Waals surface area contributed by atoms with Gasteiger partial charge in [0, 0.05) is 17.3 Å². The lowest BCUT2D eigenvalue weighted by Crippen LogP contribution is -2.04. The summed E-state index contributed by atoms with van der Waals surface area (Å²) in [4.78, 5) is 4.25. The maximum Gasteiger partial charge on any atom is 0.169 e. The molecule has 3 rings (SSSR count). The van der Waals surface area contributed by atoms with Crippen LogP contribution in [0.25, 0.3) is 11.6 Å². The molecule has 0 radical (unpaired) electrons. The largest absolute Gasteiger partial charge is 0.497 e. The van der Waals surface area contributed by atoms with E-state index in [1.165, 1.54) is 43.3 Å². The topological polar surface area (TPSA) is 116 Å². The molecular weight excluding hydrogens is 425 g/mol. The van der Waals surface area contributed by atoms with Crippen molar-refractivity contribution in [1.29, 1.82) is 10.5 Å². The molecule has 3 aromatic rings. The third-order valence-corrected chi connectivity index (χ3v) is 4.69. The number of nitriles is 2. The summed E-state index contributed by atoms with van der Waals surface area (Å²) in [5, 5.41) is 33.4. The van der Waals surface area contributed by atoms with E-state index in [1.807, 2.05) is 6.07 Å². The zero-order valence-corrected chi connectivity index (χ0v) is 18.0. The molecule has 33 heavy (non-hydrogen) atoms. The summed E-state index contributed by atoms with van der Waals surface area (Å²) >= 11 is 0. The highest BCUT2D eigenvalue weighted by Gasteiger charge is 2.21. The van der Waals surface area contributed by atoms with E-state index in [0.29, 0.717) is 17.1 Å². The molecule has 0 aliphatic rings. The summed E-state index contributed by atoms with van der Waals surface area (Å²) in [7, 11) is 3.02. The van der Waals surface area contributed by atoms with Crippen molar-refractivity contribution in [2.75, 3.05) is 20.8 Å². The van der Waals surface area contributed by atoms with Crippen LogP contribution in [0, 0.1) is 28.5 Å². The number of aliphatic hydroxyl groups is 1. The van der Waals surface area contributed by atoms with Crippen LogP contribution in [-0.4, -0.2) is 41.9 Å². The zero-order valence-electron chi connectivity index (χ0n) is 18.0. The van der Waals surface area contributed by atoms with E-state index in [4.69, 9.17) is 9.47 Å². The first kappa shape index (κ1) is 23.2. The predicted octanol–water partition coefficient (Wildman–Crippen LogP) is 3.72. The molecule has 0 aliphatic heterocycles. The third-order valence-electron chi connectivity index (χ3n) is 4.69. The molecule has 0 amide bonds. The molecule has 8 nitrogen and oxygen atoms in total. The monoisotopic (exact) mass is 445 g/mol. The minimum Gasteiger partial charge on any atom is -0.497 e. The number of methoxy groups -OCH3 is 2. The van der Waals surface area contributed by atoms with Gasteiger partial charge in [-0.15, -0.1) is 0 Å². The highest BCUT2D eigenvalue weighted by molar-refractivity contribution is 5.93. The van der Waals surface area contributed by atoms with Gasteiger partial charge in [0.15, 0.2) is 5.82 Å². The van der Waals surface area contributed by atoms with Crippen LogP contribution in [0.5, 0.6) is 11.5 Å².